The van der Waals surface area contributed by atoms with E-state index in [2.05, 4.69) is 50.2 Å². The molecule has 0 unspecified atom stereocenters. The average molecular weight is 505 g/mol. The van der Waals surface area contributed by atoms with E-state index in [1.807, 2.05) is 55.5 Å². The van der Waals surface area contributed by atoms with Crippen molar-refractivity contribution in [2.24, 2.45) is 0 Å². The molecule has 8 nitrogen and oxygen atoms in total. The molecule has 0 amide bonds. The number of hydrogen-bond donors (Lipinski definition) is 2. The molecule has 2 aromatic heterocycles. The average Bonchev–Trinajstić information content (AvgIpc) is 3.53. The lowest BCUT2D eigenvalue weighted by atomic mass is 10.1. The highest BCUT2D eigenvalue weighted by Gasteiger charge is 2.12. The van der Waals surface area contributed by atoms with Crippen molar-refractivity contribution in [1.82, 2.24) is 30.5 Å². The van der Waals surface area contributed by atoms with Crippen molar-refractivity contribution >= 4 is 23.3 Å². The topological polar surface area (TPSA) is 89.9 Å². The van der Waals surface area contributed by atoms with Gasteiger partial charge < -0.3 is 19.8 Å². The molecule has 0 aliphatic carbocycles. The highest BCUT2D eigenvalue weighted by Crippen LogP contribution is 2.29. The minimum atomic E-state index is 0. The summed E-state index contributed by atoms with van der Waals surface area (Å²) in [4.78, 5) is 3.33. The first-order valence-electron chi connectivity index (χ1n) is 11.6. The molecule has 0 bridgehead atoms. The Bertz CT molecular complexity index is 1410. The largest absolute Gasteiger partial charge is 0.493 e. The molecule has 0 atom stereocenters. The Morgan fingerprint density at radius 3 is 2.67 bits per heavy atom. The van der Waals surface area contributed by atoms with Crippen LogP contribution in [0.3, 0.4) is 0 Å². The van der Waals surface area contributed by atoms with Gasteiger partial charge in [0.2, 0.25) is 0 Å². The first-order valence-corrected chi connectivity index (χ1v) is 11.6. The third-order valence-corrected chi connectivity index (χ3v) is 5.97. The van der Waals surface area contributed by atoms with Crippen molar-refractivity contribution in [1.29, 1.82) is 0 Å². The summed E-state index contributed by atoms with van der Waals surface area (Å²) in [5.74, 6) is 1.93. The number of halogens is 1. The lowest BCUT2D eigenvalue weighted by Gasteiger charge is -2.13. The molecule has 9 heteroatoms. The fourth-order valence-corrected chi connectivity index (χ4v) is 4.06. The van der Waals surface area contributed by atoms with Crippen LogP contribution < -0.4 is 14.8 Å². The number of H-pyrrole nitrogens is 1. The maximum atomic E-state index is 6.02. The Morgan fingerprint density at radius 2 is 1.83 bits per heavy atom. The van der Waals surface area contributed by atoms with Gasteiger partial charge in [-0.05, 0) is 71.8 Å². The number of benzene rings is 3. The van der Waals surface area contributed by atoms with E-state index in [1.54, 1.807) is 11.8 Å². The van der Waals surface area contributed by atoms with Crippen LogP contribution in [0.2, 0.25) is 0 Å². The van der Waals surface area contributed by atoms with E-state index in [-0.39, 0.29) is 19.0 Å². The zero-order valence-corrected chi connectivity index (χ0v) is 21.1. The molecular formula is C27H29ClN6O2. The van der Waals surface area contributed by atoms with Gasteiger partial charge in [-0.15, -0.1) is 17.5 Å². The van der Waals surface area contributed by atoms with Crippen molar-refractivity contribution in [3.8, 4) is 17.2 Å². The highest BCUT2D eigenvalue weighted by molar-refractivity contribution is 5.85. The van der Waals surface area contributed by atoms with E-state index >= 15 is 0 Å². The lowest BCUT2D eigenvalue weighted by molar-refractivity contribution is 0.273. The molecule has 36 heavy (non-hydrogen) atoms. The van der Waals surface area contributed by atoms with Gasteiger partial charge in [0, 0.05) is 23.6 Å². The number of aryl methyl sites for hydroxylation is 1. The summed E-state index contributed by atoms with van der Waals surface area (Å²) >= 11 is 0. The Labute approximate surface area is 216 Å². The van der Waals surface area contributed by atoms with Crippen LogP contribution >= 0.6 is 12.4 Å². The number of ether oxygens (including phenoxy) is 2. The molecule has 0 spiro atoms. The third-order valence-electron chi connectivity index (χ3n) is 5.97. The monoisotopic (exact) mass is 504 g/mol. The first kappa shape index (κ1) is 25.2. The zero-order chi connectivity index (χ0) is 24.0. The normalized spacial score (nSPS) is 10.8. The van der Waals surface area contributed by atoms with Gasteiger partial charge in [-0.25, -0.2) is 0 Å². The third kappa shape index (κ3) is 5.67. The summed E-state index contributed by atoms with van der Waals surface area (Å²) in [6.07, 6.45) is 3.05. The fourth-order valence-electron chi connectivity index (χ4n) is 4.06. The van der Waals surface area contributed by atoms with E-state index in [1.165, 1.54) is 22.0 Å². The number of rotatable bonds is 10. The van der Waals surface area contributed by atoms with Crippen molar-refractivity contribution in [2.45, 2.75) is 26.5 Å². The molecule has 0 radical (unpaired) electrons. The summed E-state index contributed by atoms with van der Waals surface area (Å²) in [5.41, 5.74) is 5.69. The molecule has 0 saturated carbocycles. The molecule has 5 rings (SSSR count). The first-order chi connectivity index (χ1) is 17.2. The Morgan fingerprint density at radius 1 is 1.00 bits per heavy atom. The quantitative estimate of drug-likeness (QED) is 0.266. The van der Waals surface area contributed by atoms with Crippen LogP contribution in [-0.2, 0) is 19.6 Å². The number of nitrogens with one attached hydrogen (secondary N) is 2. The molecule has 2 heterocycles. The second-order valence-electron chi connectivity index (χ2n) is 8.40. The number of aromatic nitrogens is 5. The van der Waals surface area contributed by atoms with E-state index in [4.69, 9.17) is 9.47 Å². The maximum Gasteiger partial charge on any atom is 0.194 e. The number of hydrogen-bond acceptors (Lipinski definition) is 6. The van der Waals surface area contributed by atoms with Gasteiger partial charge in [-0.2, -0.15) is 4.68 Å². The Kier molecular flexibility index (Phi) is 8.20. The number of nitrogens with zero attached hydrogens (tertiary/aromatic N) is 4. The van der Waals surface area contributed by atoms with Crippen molar-refractivity contribution in [3.05, 3.63) is 95.4 Å². The maximum absolute atomic E-state index is 6.02. The van der Waals surface area contributed by atoms with Crippen LogP contribution in [-0.4, -0.2) is 38.8 Å². The number of tetrazole rings is 1. The van der Waals surface area contributed by atoms with Crippen LogP contribution in [0.15, 0.2) is 72.9 Å². The molecule has 0 aliphatic heterocycles. The Hall–Kier alpha value is -3.88. The minimum Gasteiger partial charge on any atom is -0.493 e. The molecule has 186 valence electrons. The summed E-state index contributed by atoms with van der Waals surface area (Å²) < 4.78 is 13.3. The highest BCUT2D eigenvalue weighted by atomic mass is 35.5. The van der Waals surface area contributed by atoms with Crippen LogP contribution in [0.25, 0.3) is 16.6 Å². The van der Waals surface area contributed by atoms with Crippen LogP contribution in [0.1, 0.15) is 22.5 Å². The zero-order valence-electron chi connectivity index (χ0n) is 20.3. The number of fused-ring (bicyclic) bond motifs is 1. The molecule has 0 aliphatic rings. The van der Waals surface area contributed by atoms with E-state index in [0.29, 0.717) is 17.3 Å². The van der Waals surface area contributed by atoms with Gasteiger partial charge in [0.05, 0.1) is 12.8 Å². The van der Waals surface area contributed by atoms with Gasteiger partial charge in [-0.3, -0.25) is 0 Å². The van der Waals surface area contributed by atoms with E-state index in [9.17, 15) is 0 Å². The van der Waals surface area contributed by atoms with E-state index < -0.39 is 0 Å². The summed E-state index contributed by atoms with van der Waals surface area (Å²) in [5, 5.41) is 16.8. The van der Waals surface area contributed by atoms with Gasteiger partial charge in [0.15, 0.2) is 23.9 Å². The second kappa shape index (κ2) is 11.7. The smallest absolute Gasteiger partial charge is 0.194 e. The molecule has 0 saturated heterocycles. The summed E-state index contributed by atoms with van der Waals surface area (Å²) in [6, 6.07) is 22.4. The molecular weight excluding hydrogens is 476 g/mol. The van der Waals surface area contributed by atoms with Crippen molar-refractivity contribution < 1.29 is 9.47 Å². The standard InChI is InChI=1S/C27H28N6O2.ClH/c1-19-7-10-22(11-8-19)33-27(30-31-32-33)18-35-25-12-9-20(15-26(25)34-2)16-28-14-13-21-17-29-24-6-4-3-5-23(21)24;/h3-12,15,17,28-29H,13-14,16,18H2,1-2H3;1H. The number of aromatic amines is 1. The fraction of sp³-hybridized carbons (Fsp3) is 0.222. The van der Waals surface area contributed by atoms with Gasteiger partial charge >= 0.3 is 0 Å². The summed E-state index contributed by atoms with van der Waals surface area (Å²) in [7, 11) is 1.65. The van der Waals surface area contributed by atoms with Gasteiger partial charge in [-0.1, -0.05) is 42.0 Å². The lowest BCUT2D eigenvalue weighted by Crippen LogP contribution is -2.16. The van der Waals surface area contributed by atoms with Gasteiger partial charge in [0.1, 0.15) is 0 Å². The number of methoxy groups -OCH3 is 1. The van der Waals surface area contributed by atoms with Crippen LogP contribution in [0, 0.1) is 6.92 Å². The van der Waals surface area contributed by atoms with Crippen LogP contribution in [0.5, 0.6) is 11.5 Å². The second-order valence-corrected chi connectivity index (χ2v) is 8.40. The molecule has 3 aromatic carbocycles. The van der Waals surface area contributed by atoms with Crippen molar-refractivity contribution in [3.63, 3.8) is 0 Å². The molecule has 5 aromatic rings. The number of para-hydroxylation sites is 1. The summed E-state index contributed by atoms with van der Waals surface area (Å²) in [6.45, 7) is 3.89. The SMILES string of the molecule is COc1cc(CNCCc2c[nH]c3ccccc23)ccc1OCc1nnnn1-c1ccc(C)cc1.Cl. The van der Waals surface area contributed by atoms with Crippen LogP contribution in [0.4, 0.5) is 0 Å². The Balaban J connectivity index is 0.00000304. The van der Waals surface area contributed by atoms with E-state index in [0.717, 1.165) is 30.8 Å². The predicted molar refractivity (Wildman–Crippen MR) is 142 cm³/mol. The molecule has 0 fully saturated rings. The minimum absolute atomic E-state index is 0. The van der Waals surface area contributed by atoms with Crippen molar-refractivity contribution in [2.75, 3.05) is 13.7 Å². The predicted octanol–water partition coefficient (Wildman–Crippen LogP) is 4.79. The molecule has 2 N–H and O–H groups in total. The van der Waals surface area contributed by atoms with Gasteiger partial charge in [0.25, 0.3) is 0 Å².